The van der Waals surface area contributed by atoms with Gasteiger partial charge < -0.3 is 20.3 Å². The number of amides is 2. The van der Waals surface area contributed by atoms with E-state index >= 15 is 0 Å². The summed E-state index contributed by atoms with van der Waals surface area (Å²) in [6.45, 7) is 3.86. The molecule has 8 heteroatoms. The standard InChI is InChI=1S/C13H16F3N3O2/c1-9-8-19(7-6-17-9)12(20)18-10-2-4-11(5-3-10)21-13(14,15)16/h2-5,9,17H,6-8H2,1H3,(H,18,20). The SMILES string of the molecule is CC1CN(C(=O)Nc2ccc(OC(F)(F)F)cc2)CCN1. The number of nitrogens with one attached hydrogen (secondary N) is 2. The van der Waals surface area contributed by atoms with Crippen LogP contribution in [-0.2, 0) is 0 Å². The molecule has 1 aliphatic heterocycles. The quantitative estimate of drug-likeness (QED) is 0.882. The van der Waals surface area contributed by atoms with Crippen molar-refractivity contribution in [3.8, 4) is 5.75 Å². The van der Waals surface area contributed by atoms with Crippen molar-refractivity contribution in [3.05, 3.63) is 24.3 Å². The number of carbonyl (C=O) groups is 1. The summed E-state index contributed by atoms with van der Waals surface area (Å²) in [5.74, 6) is -0.323. The Morgan fingerprint density at radius 3 is 2.62 bits per heavy atom. The summed E-state index contributed by atoms with van der Waals surface area (Å²) in [6.07, 6.45) is -4.72. The summed E-state index contributed by atoms with van der Waals surface area (Å²) in [7, 11) is 0. The molecule has 0 spiro atoms. The van der Waals surface area contributed by atoms with Gasteiger partial charge in [0.2, 0.25) is 0 Å². The average molecular weight is 303 g/mol. The largest absolute Gasteiger partial charge is 0.573 e. The Labute approximate surface area is 120 Å². The average Bonchev–Trinajstić information content (AvgIpc) is 2.39. The van der Waals surface area contributed by atoms with Gasteiger partial charge in [-0.2, -0.15) is 0 Å². The zero-order valence-corrected chi connectivity index (χ0v) is 11.4. The fourth-order valence-electron chi connectivity index (χ4n) is 2.06. The molecule has 1 fully saturated rings. The molecule has 0 saturated carbocycles. The van der Waals surface area contributed by atoms with Crippen LogP contribution in [0.2, 0.25) is 0 Å². The van der Waals surface area contributed by atoms with Gasteiger partial charge in [-0.05, 0) is 31.2 Å². The Bertz CT molecular complexity index is 490. The van der Waals surface area contributed by atoms with Gasteiger partial charge in [-0.25, -0.2) is 4.79 Å². The molecule has 1 unspecified atom stereocenters. The van der Waals surface area contributed by atoms with E-state index in [0.29, 0.717) is 25.3 Å². The van der Waals surface area contributed by atoms with Gasteiger partial charge in [0.15, 0.2) is 0 Å². The van der Waals surface area contributed by atoms with Crippen LogP contribution < -0.4 is 15.4 Å². The minimum absolute atomic E-state index is 0.215. The van der Waals surface area contributed by atoms with Crippen molar-refractivity contribution in [2.24, 2.45) is 0 Å². The van der Waals surface area contributed by atoms with E-state index in [0.717, 1.165) is 12.1 Å². The van der Waals surface area contributed by atoms with Crippen molar-refractivity contribution in [2.75, 3.05) is 25.0 Å². The summed E-state index contributed by atoms with van der Waals surface area (Å²) in [5.41, 5.74) is 0.417. The fourth-order valence-corrected chi connectivity index (χ4v) is 2.06. The number of hydrogen-bond donors (Lipinski definition) is 2. The zero-order chi connectivity index (χ0) is 15.5. The van der Waals surface area contributed by atoms with Crippen LogP contribution in [0.4, 0.5) is 23.7 Å². The van der Waals surface area contributed by atoms with E-state index in [2.05, 4.69) is 15.4 Å². The van der Waals surface area contributed by atoms with Crippen LogP contribution in [0.1, 0.15) is 6.92 Å². The molecule has 21 heavy (non-hydrogen) atoms. The topological polar surface area (TPSA) is 53.6 Å². The van der Waals surface area contributed by atoms with Gasteiger partial charge in [0.25, 0.3) is 0 Å². The third kappa shape index (κ3) is 4.82. The molecule has 1 aliphatic rings. The molecule has 1 aromatic carbocycles. The Morgan fingerprint density at radius 1 is 1.38 bits per heavy atom. The van der Waals surface area contributed by atoms with Crippen LogP contribution in [0.25, 0.3) is 0 Å². The molecular formula is C13H16F3N3O2. The van der Waals surface area contributed by atoms with E-state index in [1.54, 1.807) is 4.90 Å². The van der Waals surface area contributed by atoms with Gasteiger partial charge in [0.1, 0.15) is 5.75 Å². The predicted molar refractivity (Wildman–Crippen MR) is 71.2 cm³/mol. The van der Waals surface area contributed by atoms with Crippen LogP contribution in [0.15, 0.2) is 24.3 Å². The number of ether oxygens (including phenoxy) is 1. The lowest BCUT2D eigenvalue weighted by molar-refractivity contribution is -0.274. The van der Waals surface area contributed by atoms with Crippen LogP contribution in [0.3, 0.4) is 0 Å². The third-order valence-electron chi connectivity index (χ3n) is 3.00. The maximum Gasteiger partial charge on any atom is 0.573 e. The number of rotatable bonds is 2. The molecule has 1 atom stereocenters. The summed E-state index contributed by atoms with van der Waals surface area (Å²) < 4.78 is 39.8. The maximum atomic E-state index is 12.0. The van der Waals surface area contributed by atoms with Crippen LogP contribution >= 0.6 is 0 Å². The van der Waals surface area contributed by atoms with Crippen LogP contribution in [-0.4, -0.2) is 43.0 Å². The highest BCUT2D eigenvalue weighted by molar-refractivity contribution is 5.89. The first-order chi connectivity index (χ1) is 9.83. The minimum Gasteiger partial charge on any atom is -0.406 e. The van der Waals surface area contributed by atoms with E-state index in [-0.39, 0.29) is 17.8 Å². The van der Waals surface area contributed by atoms with Crippen molar-refractivity contribution in [1.29, 1.82) is 0 Å². The second-order valence-corrected chi connectivity index (χ2v) is 4.80. The number of halogens is 3. The third-order valence-corrected chi connectivity index (χ3v) is 3.00. The summed E-state index contributed by atoms with van der Waals surface area (Å²) in [6, 6.07) is 4.99. The molecule has 1 heterocycles. The lowest BCUT2D eigenvalue weighted by Gasteiger charge is -2.31. The number of carbonyl (C=O) groups excluding carboxylic acids is 1. The molecule has 2 amide bonds. The van der Waals surface area contributed by atoms with Crippen molar-refractivity contribution in [1.82, 2.24) is 10.2 Å². The normalized spacial score (nSPS) is 19.2. The zero-order valence-electron chi connectivity index (χ0n) is 11.4. The van der Waals surface area contributed by atoms with Crippen molar-refractivity contribution >= 4 is 11.7 Å². The van der Waals surface area contributed by atoms with Gasteiger partial charge in [-0.15, -0.1) is 13.2 Å². The molecule has 1 aromatic rings. The second kappa shape index (κ2) is 6.21. The Morgan fingerprint density at radius 2 is 2.05 bits per heavy atom. The second-order valence-electron chi connectivity index (χ2n) is 4.80. The van der Waals surface area contributed by atoms with Gasteiger partial charge in [0, 0.05) is 31.4 Å². The van der Waals surface area contributed by atoms with E-state index in [9.17, 15) is 18.0 Å². The smallest absolute Gasteiger partial charge is 0.406 e. The highest BCUT2D eigenvalue weighted by Gasteiger charge is 2.31. The molecule has 2 N–H and O–H groups in total. The van der Waals surface area contributed by atoms with Gasteiger partial charge >= 0.3 is 12.4 Å². The maximum absolute atomic E-state index is 12.0. The molecular weight excluding hydrogens is 287 g/mol. The lowest BCUT2D eigenvalue weighted by atomic mass is 10.2. The molecule has 0 bridgehead atoms. The first kappa shape index (κ1) is 15.4. The summed E-state index contributed by atoms with van der Waals surface area (Å²) in [5, 5.41) is 5.86. The van der Waals surface area contributed by atoms with E-state index in [1.165, 1.54) is 12.1 Å². The first-order valence-corrected chi connectivity index (χ1v) is 6.48. The van der Waals surface area contributed by atoms with Crippen molar-refractivity contribution in [2.45, 2.75) is 19.3 Å². The molecule has 2 rings (SSSR count). The number of piperazine rings is 1. The molecule has 0 radical (unpaired) electrons. The lowest BCUT2D eigenvalue weighted by Crippen LogP contribution is -2.52. The molecule has 1 saturated heterocycles. The molecule has 5 nitrogen and oxygen atoms in total. The van der Waals surface area contributed by atoms with Gasteiger partial charge in [-0.1, -0.05) is 0 Å². The Balaban J connectivity index is 1.92. The summed E-state index contributed by atoms with van der Waals surface area (Å²) in [4.78, 5) is 13.7. The Kier molecular flexibility index (Phi) is 4.56. The predicted octanol–water partition coefficient (Wildman–Crippen LogP) is 2.41. The van der Waals surface area contributed by atoms with Crippen molar-refractivity contribution in [3.63, 3.8) is 0 Å². The van der Waals surface area contributed by atoms with Gasteiger partial charge in [0.05, 0.1) is 0 Å². The summed E-state index contributed by atoms with van der Waals surface area (Å²) >= 11 is 0. The molecule has 0 aromatic heterocycles. The van der Waals surface area contributed by atoms with E-state index in [4.69, 9.17) is 0 Å². The number of urea groups is 1. The molecule has 0 aliphatic carbocycles. The Hall–Kier alpha value is -1.96. The number of anilines is 1. The first-order valence-electron chi connectivity index (χ1n) is 6.48. The fraction of sp³-hybridized carbons (Fsp3) is 0.462. The monoisotopic (exact) mass is 303 g/mol. The number of hydrogen-bond acceptors (Lipinski definition) is 3. The van der Waals surface area contributed by atoms with E-state index in [1.807, 2.05) is 6.92 Å². The van der Waals surface area contributed by atoms with E-state index < -0.39 is 6.36 Å². The van der Waals surface area contributed by atoms with Crippen LogP contribution in [0, 0.1) is 0 Å². The van der Waals surface area contributed by atoms with Gasteiger partial charge in [-0.3, -0.25) is 0 Å². The highest BCUT2D eigenvalue weighted by atomic mass is 19.4. The number of nitrogens with zero attached hydrogens (tertiary/aromatic N) is 1. The van der Waals surface area contributed by atoms with Crippen LogP contribution in [0.5, 0.6) is 5.75 Å². The molecule has 116 valence electrons. The highest BCUT2D eigenvalue weighted by Crippen LogP contribution is 2.24. The minimum atomic E-state index is -4.72. The number of benzene rings is 1. The number of alkyl halides is 3. The van der Waals surface area contributed by atoms with Crippen molar-refractivity contribution < 1.29 is 22.7 Å².